The Morgan fingerprint density at radius 3 is 2.74 bits per heavy atom. The first-order valence-electron chi connectivity index (χ1n) is 11.2. The molecule has 0 amide bonds. The van der Waals surface area contributed by atoms with Crippen molar-refractivity contribution in [3.05, 3.63) is 35.7 Å². The van der Waals surface area contributed by atoms with E-state index < -0.39 is 0 Å². The fraction of sp³-hybridized carbons (Fsp3) is 0.522. The van der Waals surface area contributed by atoms with Crippen molar-refractivity contribution in [2.24, 2.45) is 0 Å². The lowest BCUT2D eigenvalue weighted by molar-refractivity contribution is 0.271. The average molecular weight is 425 g/mol. The maximum Gasteiger partial charge on any atom is 0.227 e. The number of aromatic hydroxyl groups is 1. The van der Waals surface area contributed by atoms with Crippen LogP contribution in [-0.4, -0.2) is 42.4 Å². The zero-order valence-electron chi connectivity index (χ0n) is 18.3. The van der Waals surface area contributed by atoms with Gasteiger partial charge in [0, 0.05) is 18.2 Å². The van der Waals surface area contributed by atoms with Crippen LogP contribution in [0.15, 0.2) is 24.5 Å². The lowest BCUT2D eigenvalue weighted by Gasteiger charge is -2.23. The molecule has 2 heterocycles. The number of rotatable bonds is 8. The zero-order valence-corrected chi connectivity index (χ0v) is 18.3. The summed E-state index contributed by atoms with van der Waals surface area (Å²) in [7, 11) is 0. The second-order valence-electron chi connectivity index (χ2n) is 8.43. The van der Waals surface area contributed by atoms with Crippen molar-refractivity contribution >= 4 is 22.9 Å². The third-order valence-corrected chi connectivity index (χ3v) is 6.12. The molecule has 3 aromatic rings. The number of nitrogens with one attached hydrogen (secondary N) is 2. The SMILES string of the molecule is CCC(CO)Nc1nc(NCc2cc(C)ccc2O)c2ncn(C3CCCCC3)c2n1. The molecule has 1 unspecified atom stereocenters. The van der Waals surface area contributed by atoms with Gasteiger partial charge >= 0.3 is 0 Å². The molecule has 4 N–H and O–H groups in total. The number of imidazole rings is 1. The van der Waals surface area contributed by atoms with Crippen LogP contribution in [0.4, 0.5) is 11.8 Å². The number of aromatic nitrogens is 4. The predicted octanol–water partition coefficient (Wildman–Crippen LogP) is 4.14. The molecule has 1 fully saturated rings. The van der Waals surface area contributed by atoms with Crippen molar-refractivity contribution < 1.29 is 10.2 Å². The molecule has 8 heteroatoms. The highest BCUT2D eigenvalue weighted by Crippen LogP contribution is 2.32. The minimum atomic E-state index is -0.114. The second-order valence-corrected chi connectivity index (χ2v) is 8.43. The molecule has 1 aliphatic carbocycles. The summed E-state index contributed by atoms with van der Waals surface area (Å²) in [6, 6.07) is 5.83. The van der Waals surface area contributed by atoms with E-state index in [2.05, 4.69) is 25.2 Å². The monoisotopic (exact) mass is 424 g/mol. The van der Waals surface area contributed by atoms with Crippen molar-refractivity contribution in [2.75, 3.05) is 17.2 Å². The van der Waals surface area contributed by atoms with Gasteiger partial charge in [-0.2, -0.15) is 9.97 Å². The molecule has 8 nitrogen and oxygen atoms in total. The Labute approximate surface area is 182 Å². The molecular weight excluding hydrogens is 392 g/mol. The number of nitrogens with zero attached hydrogens (tertiary/aromatic N) is 4. The summed E-state index contributed by atoms with van der Waals surface area (Å²) >= 11 is 0. The van der Waals surface area contributed by atoms with E-state index in [1.54, 1.807) is 6.07 Å². The van der Waals surface area contributed by atoms with Gasteiger partial charge in [-0.05, 0) is 32.3 Å². The summed E-state index contributed by atoms with van der Waals surface area (Å²) in [6.07, 6.45) is 8.63. The number of aryl methyl sites for hydroxylation is 1. The van der Waals surface area contributed by atoms with E-state index >= 15 is 0 Å². The fourth-order valence-electron chi connectivity index (χ4n) is 4.22. The molecule has 2 aromatic heterocycles. The van der Waals surface area contributed by atoms with Crippen LogP contribution in [0.25, 0.3) is 11.2 Å². The van der Waals surface area contributed by atoms with Gasteiger partial charge in [-0.3, -0.25) is 0 Å². The van der Waals surface area contributed by atoms with Gasteiger partial charge in [0.2, 0.25) is 5.95 Å². The molecule has 1 aliphatic rings. The van der Waals surface area contributed by atoms with Gasteiger partial charge in [0.25, 0.3) is 0 Å². The van der Waals surface area contributed by atoms with Crippen LogP contribution in [0.1, 0.15) is 62.6 Å². The number of anilines is 2. The Balaban J connectivity index is 1.69. The molecular formula is C23H32N6O2. The van der Waals surface area contributed by atoms with Crippen LogP contribution < -0.4 is 10.6 Å². The lowest BCUT2D eigenvalue weighted by atomic mass is 9.95. The molecule has 0 radical (unpaired) electrons. The van der Waals surface area contributed by atoms with Gasteiger partial charge in [-0.15, -0.1) is 0 Å². The number of hydrogen-bond acceptors (Lipinski definition) is 7. The summed E-state index contributed by atoms with van der Waals surface area (Å²) in [5, 5.41) is 26.4. The van der Waals surface area contributed by atoms with Gasteiger partial charge in [-0.1, -0.05) is 43.9 Å². The van der Waals surface area contributed by atoms with Gasteiger partial charge in [0.1, 0.15) is 5.75 Å². The number of aliphatic hydroxyl groups is 1. The van der Waals surface area contributed by atoms with Crippen LogP contribution in [0.5, 0.6) is 5.75 Å². The minimum Gasteiger partial charge on any atom is -0.508 e. The Bertz CT molecular complexity index is 1020. The Morgan fingerprint density at radius 2 is 2.00 bits per heavy atom. The highest BCUT2D eigenvalue weighted by atomic mass is 16.3. The van der Waals surface area contributed by atoms with Crippen molar-refractivity contribution in [1.82, 2.24) is 19.5 Å². The first-order valence-corrected chi connectivity index (χ1v) is 11.2. The minimum absolute atomic E-state index is 0.0136. The molecule has 0 saturated heterocycles. The van der Waals surface area contributed by atoms with Crippen LogP contribution in [0.3, 0.4) is 0 Å². The molecule has 1 aromatic carbocycles. The largest absolute Gasteiger partial charge is 0.508 e. The predicted molar refractivity (Wildman–Crippen MR) is 122 cm³/mol. The van der Waals surface area contributed by atoms with Gasteiger partial charge in [-0.25, -0.2) is 4.98 Å². The molecule has 1 atom stereocenters. The number of fused-ring (bicyclic) bond motifs is 1. The summed E-state index contributed by atoms with van der Waals surface area (Å²) in [5.74, 6) is 1.35. The highest BCUT2D eigenvalue weighted by molar-refractivity contribution is 5.84. The van der Waals surface area contributed by atoms with E-state index in [9.17, 15) is 10.2 Å². The van der Waals surface area contributed by atoms with Crippen molar-refractivity contribution in [3.8, 4) is 5.75 Å². The van der Waals surface area contributed by atoms with E-state index in [0.29, 0.717) is 24.4 Å². The average Bonchev–Trinajstić information content (AvgIpc) is 3.22. The molecule has 1 saturated carbocycles. The third-order valence-electron chi connectivity index (χ3n) is 6.12. The van der Waals surface area contributed by atoms with E-state index in [1.807, 2.05) is 32.3 Å². The summed E-state index contributed by atoms with van der Waals surface area (Å²) in [4.78, 5) is 14.1. The number of hydrogen-bond donors (Lipinski definition) is 4. The van der Waals surface area contributed by atoms with Crippen LogP contribution >= 0.6 is 0 Å². The van der Waals surface area contributed by atoms with Gasteiger partial charge in [0.05, 0.1) is 19.0 Å². The van der Waals surface area contributed by atoms with E-state index in [-0.39, 0.29) is 18.4 Å². The number of benzene rings is 1. The first-order chi connectivity index (χ1) is 15.1. The van der Waals surface area contributed by atoms with Crippen molar-refractivity contribution in [2.45, 2.75) is 71.0 Å². The fourth-order valence-corrected chi connectivity index (χ4v) is 4.22. The summed E-state index contributed by atoms with van der Waals surface area (Å²) < 4.78 is 2.18. The maximum absolute atomic E-state index is 10.2. The Kier molecular flexibility index (Phi) is 6.56. The maximum atomic E-state index is 10.2. The third kappa shape index (κ3) is 4.74. The van der Waals surface area contributed by atoms with E-state index in [1.165, 1.54) is 19.3 Å². The van der Waals surface area contributed by atoms with Gasteiger partial charge in [0.15, 0.2) is 17.0 Å². The number of phenols is 1. The van der Waals surface area contributed by atoms with Gasteiger partial charge < -0.3 is 25.4 Å². The van der Waals surface area contributed by atoms with Crippen LogP contribution in [-0.2, 0) is 6.54 Å². The molecule has 166 valence electrons. The molecule has 0 bridgehead atoms. The lowest BCUT2D eigenvalue weighted by Crippen LogP contribution is -2.24. The smallest absolute Gasteiger partial charge is 0.227 e. The number of phenolic OH excluding ortho intramolecular Hbond substituents is 1. The molecule has 0 aliphatic heterocycles. The van der Waals surface area contributed by atoms with E-state index in [4.69, 9.17) is 4.98 Å². The van der Waals surface area contributed by atoms with Crippen molar-refractivity contribution in [1.29, 1.82) is 0 Å². The topological polar surface area (TPSA) is 108 Å². The summed E-state index contributed by atoms with van der Waals surface area (Å²) in [6.45, 7) is 4.45. The normalized spacial score (nSPS) is 15.8. The standard InChI is InChI=1S/C23H32N6O2/c1-3-17(13-30)26-23-27-21(24-12-16-11-15(2)9-10-19(16)31)20-22(28-23)29(14-25-20)18-7-5-4-6-8-18/h9-11,14,17-18,30-31H,3-8,12-13H2,1-2H3,(H2,24,26,27,28). The second kappa shape index (κ2) is 9.51. The van der Waals surface area contributed by atoms with E-state index in [0.717, 1.165) is 41.6 Å². The Hall–Kier alpha value is -2.87. The van der Waals surface area contributed by atoms with Crippen LogP contribution in [0.2, 0.25) is 0 Å². The zero-order chi connectivity index (χ0) is 21.8. The molecule has 4 rings (SSSR count). The summed E-state index contributed by atoms with van der Waals surface area (Å²) in [5.41, 5.74) is 3.41. The van der Waals surface area contributed by atoms with Crippen LogP contribution in [0, 0.1) is 6.92 Å². The van der Waals surface area contributed by atoms with Crippen molar-refractivity contribution in [3.63, 3.8) is 0 Å². The molecule has 31 heavy (non-hydrogen) atoms. The first kappa shape index (κ1) is 21.4. The Morgan fingerprint density at radius 1 is 1.19 bits per heavy atom. The quantitative estimate of drug-likeness (QED) is 0.430. The molecule has 0 spiro atoms. The number of aliphatic hydroxyl groups excluding tert-OH is 1. The highest BCUT2D eigenvalue weighted by Gasteiger charge is 2.21.